The van der Waals surface area contributed by atoms with Crippen LogP contribution in [-0.2, 0) is 5.41 Å². The van der Waals surface area contributed by atoms with Crippen LogP contribution in [0.5, 0.6) is 0 Å². The third kappa shape index (κ3) is 4.61. The first-order valence-electron chi connectivity index (χ1n) is 18.7. The van der Waals surface area contributed by atoms with E-state index in [1.165, 1.54) is 60.5 Å². The molecule has 3 heteroatoms. The molecule has 0 bridgehead atoms. The summed E-state index contributed by atoms with van der Waals surface area (Å²) in [6.45, 7) is 4.69. The minimum atomic E-state index is -0.0628. The molecule has 0 spiro atoms. The van der Waals surface area contributed by atoms with Crippen LogP contribution in [0.3, 0.4) is 0 Å². The lowest BCUT2D eigenvalue weighted by Gasteiger charge is -2.22. The highest BCUT2D eigenvalue weighted by molar-refractivity contribution is 6.14. The van der Waals surface area contributed by atoms with Gasteiger partial charge >= 0.3 is 0 Å². The molecule has 0 radical (unpaired) electrons. The van der Waals surface area contributed by atoms with Crippen molar-refractivity contribution in [2.24, 2.45) is 0 Å². The monoisotopic (exact) mass is 689 g/mol. The fraction of sp³-hybridized carbons (Fsp3) is 0.0588. The Labute approximate surface area is 313 Å². The quantitative estimate of drug-likeness (QED) is 0.184. The average molecular weight is 690 g/mol. The lowest BCUT2D eigenvalue weighted by atomic mass is 9.81. The van der Waals surface area contributed by atoms with Crippen LogP contribution in [-0.4, -0.2) is 14.5 Å². The Morgan fingerprint density at radius 1 is 0.407 bits per heavy atom. The Bertz CT molecular complexity index is 3120. The molecule has 0 N–H and O–H groups in total. The van der Waals surface area contributed by atoms with Gasteiger partial charge in [0, 0.05) is 27.1 Å². The third-order valence-corrected chi connectivity index (χ3v) is 11.6. The largest absolute Gasteiger partial charge is 0.278 e. The van der Waals surface area contributed by atoms with Crippen LogP contribution >= 0.6 is 0 Å². The first kappa shape index (κ1) is 30.8. The smallest absolute Gasteiger partial charge is 0.235 e. The average Bonchev–Trinajstić information content (AvgIpc) is 3.66. The predicted octanol–water partition coefficient (Wildman–Crippen LogP) is 13.2. The molecule has 254 valence electrons. The molecule has 8 aromatic carbocycles. The Kier molecular flexibility index (Phi) is 6.60. The number of benzene rings is 8. The van der Waals surface area contributed by atoms with Crippen molar-refractivity contribution in [3.05, 3.63) is 187 Å². The van der Waals surface area contributed by atoms with E-state index in [1.54, 1.807) is 0 Å². The van der Waals surface area contributed by atoms with Crippen molar-refractivity contribution in [3.63, 3.8) is 0 Å². The Hall–Kier alpha value is -6.84. The summed E-state index contributed by atoms with van der Waals surface area (Å²) >= 11 is 0. The zero-order valence-corrected chi connectivity index (χ0v) is 30.1. The summed E-state index contributed by atoms with van der Waals surface area (Å²) in [6, 6.07) is 63.6. The van der Waals surface area contributed by atoms with E-state index in [9.17, 15) is 0 Å². The maximum atomic E-state index is 5.44. The van der Waals surface area contributed by atoms with Crippen LogP contribution in [0.15, 0.2) is 176 Å². The third-order valence-electron chi connectivity index (χ3n) is 11.6. The van der Waals surface area contributed by atoms with Crippen molar-refractivity contribution >= 4 is 43.5 Å². The zero-order chi connectivity index (χ0) is 36.0. The number of aromatic nitrogens is 3. The fourth-order valence-corrected chi connectivity index (χ4v) is 8.83. The molecule has 0 saturated carbocycles. The van der Waals surface area contributed by atoms with Gasteiger partial charge in [-0.15, -0.1) is 0 Å². The molecule has 2 heterocycles. The summed E-state index contributed by atoms with van der Waals surface area (Å²) in [6.07, 6.45) is 0. The molecule has 0 saturated heterocycles. The number of hydrogen-bond donors (Lipinski definition) is 0. The van der Waals surface area contributed by atoms with Gasteiger partial charge in [-0.05, 0) is 97.7 Å². The van der Waals surface area contributed by atoms with Crippen molar-refractivity contribution in [2.45, 2.75) is 19.3 Å². The fourth-order valence-electron chi connectivity index (χ4n) is 8.83. The number of fused-ring (bicyclic) bond motifs is 8. The van der Waals surface area contributed by atoms with E-state index in [0.29, 0.717) is 5.95 Å². The van der Waals surface area contributed by atoms with Crippen molar-refractivity contribution in [3.8, 4) is 50.6 Å². The van der Waals surface area contributed by atoms with Crippen LogP contribution in [0.4, 0.5) is 0 Å². The highest BCUT2D eigenvalue weighted by atomic mass is 15.2. The molecule has 1 aliphatic carbocycles. The molecule has 11 rings (SSSR count). The van der Waals surface area contributed by atoms with E-state index in [0.717, 1.165) is 38.8 Å². The van der Waals surface area contributed by atoms with E-state index in [1.807, 2.05) is 0 Å². The van der Waals surface area contributed by atoms with Crippen LogP contribution < -0.4 is 0 Å². The first-order chi connectivity index (χ1) is 26.5. The van der Waals surface area contributed by atoms with Gasteiger partial charge in [-0.2, -0.15) is 0 Å². The van der Waals surface area contributed by atoms with Gasteiger partial charge in [0.15, 0.2) is 0 Å². The summed E-state index contributed by atoms with van der Waals surface area (Å²) in [7, 11) is 0. The summed E-state index contributed by atoms with van der Waals surface area (Å²) in [5.74, 6) is 0.661. The number of nitrogens with zero attached hydrogens (tertiary/aromatic N) is 3. The summed E-state index contributed by atoms with van der Waals surface area (Å²) in [5, 5.41) is 5.79. The predicted molar refractivity (Wildman–Crippen MR) is 225 cm³/mol. The summed E-state index contributed by atoms with van der Waals surface area (Å²) in [5.41, 5.74) is 15.2. The molecule has 1 aliphatic rings. The van der Waals surface area contributed by atoms with Crippen LogP contribution in [0.25, 0.3) is 94.1 Å². The highest BCUT2D eigenvalue weighted by Crippen LogP contribution is 2.50. The lowest BCUT2D eigenvalue weighted by molar-refractivity contribution is 0.660. The van der Waals surface area contributed by atoms with Gasteiger partial charge in [0.25, 0.3) is 0 Å². The zero-order valence-electron chi connectivity index (χ0n) is 30.1. The molecular weight excluding hydrogens is 655 g/mol. The molecule has 0 atom stereocenters. The minimum absolute atomic E-state index is 0.0628. The van der Waals surface area contributed by atoms with E-state index in [2.05, 4.69) is 194 Å². The van der Waals surface area contributed by atoms with Crippen molar-refractivity contribution in [2.75, 3.05) is 0 Å². The van der Waals surface area contributed by atoms with Gasteiger partial charge in [-0.1, -0.05) is 147 Å². The van der Waals surface area contributed by atoms with Gasteiger partial charge in [0.1, 0.15) is 0 Å². The second kappa shape index (κ2) is 11.6. The summed E-state index contributed by atoms with van der Waals surface area (Å²) < 4.78 is 2.26. The molecule has 2 aromatic heterocycles. The van der Waals surface area contributed by atoms with Gasteiger partial charge < -0.3 is 0 Å². The van der Waals surface area contributed by atoms with Gasteiger partial charge in [-0.3, -0.25) is 4.57 Å². The molecule has 0 amide bonds. The highest BCUT2D eigenvalue weighted by Gasteiger charge is 2.35. The maximum Gasteiger partial charge on any atom is 0.235 e. The van der Waals surface area contributed by atoms with E-state index in [-0.39, 0.29) is 5.41 Å². The second-order valence-corrected chi connectivity index (χ2v) is 15.1. The molecule has 0 fully saturated rings. The van der Waals surface area contributed by atoms with E-state index in [4.69, 9.17) is 9.97 Å². The summed E-state index contributed by atoms with van der Waals surface area (Å²) in [4.78, 5) is 10.8. The minimum Gasteiger partial charge on any atom is -0.278 e. The number of rotatable bonds is 4. The lowest BCUT2D eigenvalue weighted by Crippen LogP contribution is -2.14. The van der Waals surface area contributed by atoms with Crippen LogP contribution in [0, 0.1) is 0 Å². The normalized spacial score (nSPS) is 13.1. The maximum absolute atomic E-state index is 5.44. The van der Waals surface area contributed by atoms with Crippen molar-refractivity contribution in [1.82, 2.24) is 14.5 Å². The topological polar surface area (TPSA) is 30.7 Å². The SMILES string of the molecule is CC1(C)c2ccccc2-c2ccc(-c3ccc4c(c3)c3cc5ccccc5cc3n4-c3nc(-c4ccccc4)c4cc(-c5ccccc5)ccc4n3)cc21. The standard InChI is InChI=1S/C51H35N3/c1-51(2)44-20-12-11-19-39(44)40-24-21-38(30-45(40)51)37-23-26-47-41(28-37)42-27-34-17-9-10-18-35(34)31-48(42)54(47)50-52-46-25-22-36(32-13-5-3-6-14-32)29-43(46)49(53-50)33-15-7-4-8-16-33/h3-31H,1-2H3. The van der Waals surface area contributed by atoms with Crippen molar-refractivity contribution < 1.29 is 0 Å². The first-order valence-corrected chi connectivity index (χ1v) is 18.7. The van der Waals surface area contributed by atoms with Crippen LogP contribution in [0.1, 0.15) is 25.0 Å². The van der Waals surface area contributed by atoms with Gasteiger partial charge in [0.2, 0.25) is 5.95 Å². The van der Waals surface area contributed by atoms with E-state index < -0.39 is 0 Å². The molecule has 10 aromatic rings. The molecular formula is C51H35N3. The van der Waals surface area contributed by atoms with Gasteiger partial charge in [0.05, 0.1) is 22.2 Å². The van der Waals surface area contributed by atoms with Gasteiger partial charge in [-0.25, -0.2) is 9.97 Å². The van der Waals surface area contributed by atoms with E-state index >= 15 is 0 Å². The molecule has 0 unspecified atom stereocenters. The Morgan fingerprint density at radius 2 is 1.00 bits per heavy atom. The second-order valence-electron chi connectivity index (χ2n) is 15.1. The molecule has 0 aliphatic heterocycles. The number of hydrogen-bond acceptors (Lipinski definition) is 2. The Balaban J connectivity index is 1.15. The Morgan fingerprint density at radius 3 is 1.81 bits per heavy atom. The van der Waals surface area contributed by atoms with Crippen LogP contribution in [0.2, 0.25) is 0 Å². The molecule has 54 heavy (non-hydrogen) atoms. The molecule has 3 nitrogen and oxygen atoms in total. The van der Waals surface area contributed by atoms with Crippen molar-refractivity contribution in [1.29, 1.82) is 0 Å².